The van der Waals surface area contributed by atoms with Gasteiger partial charge in [0.1, 0.15) is 10.7 Å². The number of thiazole rings is 1. The zero-order valence-corrected chi connectivity index (χ0v) is 12.2. The van der Waals surface area contributed by atoms with Crippen LogP contribution in [0.3, 0.4) is 0 Å². The second-order valence-electron chi connectivity index (χ2n) is 4.53. The van der Waals surface area contributed by atoms with Gasteiger partial charge in [-0.15, -0.1) is 23.7 Å². The maximum atomic E-state index is 12.3. The van der Waals surface area contributed by atoms with Crippen molar-refractivity contribution in [3.05, 3.63) is 16.1 Å². The van der Waals surface area contributed by atoms with Gasteiger partial charge in [-0.25, -0.2) is 4.98 Å². The lowest BCUT2D eigenvalue weighted by Gasteiger charge is -2.26. The lowest BCUT2D eigenvalue weighted by atomic mass is 10.1. The number of likely N-dealkylation sites (tertiary alicyclic amines) is 1. The van der Waals surface area contributed by atoms with Gasteiger partial charge in [0, 0.05) is 24.5 Å². The van der Waals surface area contributed by atoms with E-state index in [1.54, 1.807) is 0 Å². The average Bonchev–Trinajstić information content (AvgIpc) is 2.71. The minimum atomic E-state index is 0. The van der Waals surface area contributed by atoms with Crippen LogP contribution in [0.2, 0.25) is 0 Å². The smallest absolute Gasteiger partial charge is 0.273 e. The largest absolute Gasteiger partial charge is 0.335 e. The highest BCUT2D eigenvalue weighted by molar-refractivity contribution is 7.09. The summed E-state index contributed by atoms with van der Waals surface area (Å²) >= 11 is 1.46. The molecule has 102 valence electrons. The Labute approximate surface area is 118 Å². The summed E-state index contributed by atoms with van der Waals surface area (Å²) in [5.74, 6) is 0.0651. The zero-order chi connectivity index (χ0) is 12.3. The van der Waals surface area contributed by atoms with E-state index in [2.05, 4.69) is 11.9 Å². The number of rotatable bonds is 2. The summed E-state index contributed by atoms with van der Waals surface area (Å²) in [4.78, 5) is 18.6. The molecule has 0 spiro atoms. The van der Waals surface area contributed by atoms with E-state index in [1.165, 1.54) is 24.2 Å². The van der Waals surface area contributed by atoms with Crippen molar-refractivity contribution >= 4 is 29.7 Å². The fraction of sp³-hybridized carbons (Fsp3) is 0.667. The second-order valence-corrected chi connectivity index (χ2v) is 5.47. The Morgan fingerprint density at radius 1 is 1.56 bits per heavy atom. The van der Waals surface area contributed by atoms with E-state index in [0.717, 1.165) is 24.4 Å². The SMILES string of the molecule is CC1CCCCCN1C(=O)c1csc(CN)n1.Cl. The van der Waals surface area contributed by atoms with Gasteiger partial charge in [0.05, 0.1) is 0 Å². The molecule has 0 aromatic carbocycles. The van der Waals surface area contributed by atoms with Crippen molar-refractivity contribution in [1.29, 1.82) is 0 Å². The van der Waals surface area contributed by atoms with Crippen molar-refractivity contribution < 1.29 is 4.79 Å². The fourth-order valence-corrected chi connectivity index (χ4v) is 2.88. The number of hydrogen-bond acceptors (Lipinski definition) is 4. The highest BCUT2D eigenvalue weighted by Gasteiger charge is 2.24. The van der Waals surface area contributed by atoms with E-state index in [1.807, 2.05) is 10.3 Å². The lowest BCUT2D eigenvalue weighted by molar-refractivity contribution is 0.0692. The molecule has 2 rings (SSSR count). The summed E-state index contributed by atoms with van der Waals surface area (Å²) < 4.78 is 0. The standard InChI is InChI=1S/C12H19N3OS.ClH/c1-9-5-3-2-4-6-15(9)12(16)10-8-17-11(7-13)14-10;/h8-9H,2-7,13H2,1H3;1H. The monoisotopic (exact) mass is 289 g/mol. The van der Waals surface area contributed by atoms with Crippen LogP contribution in [0.4, 0.5) is 0 Å². The van der Waals surface area contributed by atoms with Gasteiger partial charge in [-0.3, -0.25) is 4.79 Å². The molecule has 1 aromatic heterocycles. The predicted octanol–water partition coefficient (Wildman–Crippen LogP) is 2.43. The number of nitrogens with two attached hydrogens (primary N) is 1. The molecule has 1 aliphatic rings. The second kappa shape index (κ2) is 7.07. The molecule has 1 amide bonds. The van der Waals surface area contributed by atoms with E-state index >= 15 is 0 Å². The molecule has 1 unspecified atom stereocenters. The summed E-state index contributed by atoms with van der Waals surface area (Å²) in [6.07, 6.45) is 4.64. The zero-order valence-electron chi connectivity index (χ0n) is 10.6. The van der Waals surface area contributed by atoms with Crippen LogP contribution in [0, 0.1) is 0 Å². The number of amides is 1. The Morgan fingerprint density at radius 2 is 2.33 bits per heavy atom. The molecule has 1 saturated heterocycles. The Hall–Kier alpha value is -0.650. The van der Waals surface area contributed by atoms with Crippen LogP contribution < -0.4 is 5.73 Å². The van der Waals surface area contributed by atoms with Crippen molar-refractivity contribution in [2.75, 3.05) is 6.54 Å². The van der Waals surface area contributed by atoms with Gasteiger partial charge in [0.25, 0.3) is 5.91 Å². The molecule has 1 aromatic rings. The fourth-order valence-electron chi connectivity index (χ4n) is 2.23. The van der Waals surface area contributed by atoms with Crippen LogP contribution in [0.1, 0.15) is 48.1 Å². The molecule has 1 atom stereocenters. The van der Waals surface area contributed by atoms with E-state index in [-0.39, 0.29) is 18.3 Å². The highest BCUT2D eigenvalue weighted by atomic mass is 35.5. The van der Waals surface area contributed by atoms with Gasteiger partial charge >= 0.3 is 0 Å². The summed E-state index contributed by atoms with van der Waals surface area (Å²) in [7, 11) is 0. The maximum Gasteiger partial charge on any atom is 0.273 e. The Kier molecular flexibility index (Phi) is 6.05. The first-order valence-electron chi connectivity index (χ1n) is 6.18. The number of aromatic nitrogens is 1. The van der Waals surface area contributed by atoms with Crippen molar-refractivity contribution in [3.8, 4) is 0 Å². The number of nitrogens with zero attached hydrogens (tertiary/aromatic N) is 2. The molecule has 4 nitrogen and oxygen atoms in total. The number of carbonyl (C=O) groups is 1. The van der Waals surface area contributed by atoms with E-state index in [4.69, 9.17) is 5.73 Å². The molecular weight excluding hydrogens is 270 g/mol. The van der Waals surface area contributed by atoms with Gasteiger partial charge < -0.3 is 10.6 Å². The molecule has 2 N–H and O–H groups in total. The Bertz CT molecular complexity index is 396. The minimum absolute atomic E-state index is 0. The molecule has 18 heavy (non-hydrogen) atoms. The van der Waals surface area contributed by atoms with Crippen LogP contribution in [0.15, 0.2) is 5.38 Å². The van der Waals surface area contributed by atoms with E-state index in [9.17, 15) is 4.79 Å². The first kappa shape index (κ1) is 15.4. The quantitative estimate of drug-likeness (QED) is 0.910. The van der Waals surface area contributed by atoms with Crippen LogP contribution in [0.5, 0.6) is 0 Å². The normalized spacial score (nSPS) is 20.1. The molecule has 6 heteroatoms. The topological polar surface area (TPSA) is 59.2 Å². The minimum Gasteiger partial charge on any atom is -0.335 e. The molecule has 1 fully saturated rings. The number of carbonyl (C=O) groups excluding carboxylic acids is 1. The van der Waals surface area contributed by atoms with Crippen LogP contribution in [0.25, 0.3) is 0 Å². The van der Waals surface area contributed by atoms with Crippen molar-refractivity contribution in [1.82, 2.24) is 9.88 Å². The number of halogens is 1. The summed E-state index contributed by atoms with van der Waals surface area (Å²) in [5.41, 5.74) is 6.08. The molecule has 0 radical (unpaired) electrons. The van der Waals surface area contributed by atoms with Crippen LogP contribution in [-0.4, -0.2) is 28.4 Å². The van der Waals surface area contributed by atoms with E-state index in [0.29, 0.717) is 18.3 Å². The first-order chi connectivity index (χ1) is 8.22. The Morgan fingerprint density at radius 3 is 3.00 bits per heavy atom. The summed E-state index contributed by atoms with van der Waals surface area (Å²) in [5, 5.41) is 2.65. The maximum absolute atomic E-state index is 12.3. The predicted molar refractivity (Wildman–Crippen MR) is 76.2 cm³/mol. The van der Waals surface area contributed by atoms with E-state index < -0.39 is 0 Å². The molecule has 2 heterocycles. The van der Waals surface area contributed by atoms with Gasteiger partial charge in [-0.05, 0) is 19.8 Å². The third-order valence-corrected chi connectivity index (χ3v) is 4.13. The van der Waals surface area contributed by atoms with Crippen LogP contribution >= 0.6 is 23.7 Å². The van der Waals surface area contributed by atoms with Crippen LogP contribution in [-0.2, 0) is 6.54 Å². The average molecular weight is 290 g/mol. The first-order valence-corrected chi connectivity index (χ1v) is 7.05. The van der Waals surface area contributed by atoms with Crippen molar-refractivity contribution in [2.45, 2.75) is 45.2 Å². The van der Waals surface area contributed by atoms with Gasteiger partial charge in [0.15, 0.2) is 0 Å². The van der Waals surface area contributed by atoms with Crippen molar-refractivity contribution in [2.24, 2.45) is 5.73 Å². The summed E-state index contributed by atoms with van der Waals surface area (Å²) in [6, 6.07) is 0.327. The van der Waals surface area contributed by atoms with Gasteiger partial charge in [-0.1, -0.05) is 12.8 Å². The van der Waals surface area contributed by atoms with Gasteiger partial charge in [0.2, 0.25) is 0 Å². The molecular formula is C12H20ClN3OS. The van der Waals surface area contributed by atoms with Gasteiger partial charge in [-0.2, -0.15) is 0 Å². The van der Waals surface area contributed by atoms with Crippen molar-refractivity contribution in [3.63, 3.8) is 0 Å². The molecule has 0 saturated carbocycles. The number of hydrogen-bond donors (Lipinski definition) is 1. The highest BCUT2D eigenvalue weighted by Crippen LogP contribution is 2.19. The third-order valence-electron chi connectivity index (χ3n) is 3.26. The molecule has 0 aliphatic carbocycles. The third kappa shape index (κ3) is 3.43. The Balaban J connectivity index is 0.00000162. The molecule has 1 aliphatic heterocycles. The summed E-state index contributed by atoms with van der Waals surface area (Å²) in [6.45, 7) is 3.39. The lowest BCUT2D eigenvalue weighted by Crippen LogP contribution is -2.38. The molecule has 0 bridgehead atoms.